The molecule has 7 heteroatoms. The van der Waals surface area contributed by atoms with Crippen LogP contribution in [0.4, 0.5) is 5.69 Å². The van der Waals surface area contributed by atoms with Gasteiger partial charge < -0.3 is 10.5 Å². The fraction of sp³-hybridized carbons (Fsp3) is 0.286. The lowest BCUT2D eigenvalue weighted by Gasteiger charge is -2.10. The van der Waals surface area contributed by atoms with Crippen LogP contribution in [-0.4, -0.2) is 15.5 Å². The van der Waals surface area contributed by atoms with Gasteiger partial charge in [0, 0.05) is 22.0 Å². The molecule has 0 unspecified atom stereocenters. The van der Waals surface area contributed by atoms with Crippen molar-refractivity contribution in [1.82, 2.24) is 4.72 Å². The molecule has 0 bridgehead atoms. The largest absolute Gasteiger partial charge is 0.495 e. The van der Waals surface area contributed by atoms with E-state index in [1.165, 1.54) is 18.1 Å². The van der Waals surface area contributed by atoms with Gasteiger partial charge in [0.1, 0.15) is 10.6 Å². The van der Waals surface area contributed by atoms with Gasteiger partial charge in [0.15, 0.2) is 0 Å². The van der Waals surface area contributed by atoms with Crippen LogP contribution >= 0.6 is 11.3 Å². The predicted molar refractivity (Wildman–Crippen MR) is 85.2 cm³/mol. The van der Waals surface area contributed by atoms with Gasteiger partial charge in [-0.2, -0.15) is 0 Å². The van der Waals surface area contributed by atoms with Gasteiger partial charge in [-0.3, -0.25) is 0 Å². The first kappa shape index (κ1) is 15.8. The standard InChI is InChI=1S/C14H18N2O3S2/c1-9-6-12(20-10(9)2)8-16-21(17,18)14-7-11(15)4-5-13(14)19-3/h4-7,16H,8,15H2,1-3H3. The summed E-state index contributed by atoms with van der Waals surface area (Å²) in [7, 11) is -2.25. The Morgan fingerprint density at radius 1 is 1.29 bits per heavy atom. The summed E-state index contributed by atoms with van der Waals surface area (Å²) in [5.41, 5.74) is 7.20. The molecule has 0 saturated heterocycles. The minimum absolute atomic E-state index is 0.0509. The molecule has 1 aromatic carbocycles. The van der Waals surface area contributed by atoms with Crippen LogP contribution in [0, 0.1) is 13.8 Å². The SMILES string of the molecule is COc1ccc(N)cc1S(=O)(=O)NCc1cc(C)c(C)s1. The minimum Gasteiger partial charge on any atom is -0.495 e. The Bertz CT molecular complexity index is 732. The first-order chi connectivity index (χ1) is 9.83. The van der Waals surface area contributed by atoms with Crippen LogP contribution in [0.15, 0.2) is 29.2 Å². The minimum atomic E-state index is -3.68. The monoisotopic (exact) mass is 326 g/mol. The zero-order chi connectivity index (χ0) is 15.6. The van der Waals surface area contributed by atoms with Gasteiger partial charge in [0.25, 0.3) is 0 Å². The predicted octanol–water partition coefficient (Wildman–Crippen LogP) is 2.43. The molecule has 114 valence electrons. The normalized spacial score (nSPS) is 11.6. The second-order valence-electron chi connectivity index (χ2n) is 4.69. The number of thiophene rings is 1. The Morgan fingerprint density at radius 2 is 2.00 bits per heavy atom. The number of methoxy groups -OCH3 is 1. The lowest BCUT2D eigenvalue weighted by Crippen LogP contribution is -2.23. The molecule has 0 amide bonds. The maximum Gasteiger partial charge on any atom is 0.244 e. The molecule has 0 saturated carbocycles. The van der Waals surface area contributed by atoms with Crippen LogP contribution in [0.25, 0.3) is 0 Å². The van der Waals surface area contributed by atoms with Gasteiger partial charge in [0.05, 0.1) is 7.11 Å². The fourth-order valence-corrected chi connectivity index (χ4v) is 4.18. The van der Waals surface area contributed by atoms with Crippen molar-refractivity contribution in [3.05, 3.63) is 39.6 Å². The third-order valence-corrected chi connectivity index (χ3v) is 5.71. The number of hydrogen-bond donors (Lipinski definition) is 2. The summed E-state index contributed by atoms with van der Waals surface area (Å²) in [6.07, 6.45) is 0. The number of anilines is 1. The molecule has 0 atom stereocenters. The van der Waals surface area contributed by atoms with Crippen LogP contribution in [0.5, 0.6) is 5.75 Å². The number of aryl methyl sites for hydroxylation is 2. The van der Waals surface area contributed by atoms with Crippen LogP contribution in [0.2, 0.25) is 0 Å². The molecule has 1 heterocycles. The molecule has 2 aromatic rings. The molecule has 2 rings (SSSR count). The van der Waals surface area contributed by atoms with Gasteiger partial charge in [-0.25, -0.2) is 13.1 Å². The average Bonchev–Trinajstić information content (AvgIpc) is 2.76. The Labute approximate surface area is 128 Å². The summed E-state index contributed by atoms with van der Waals surface area (Å²) < 4.78 is 32.4. The molecule has 5 nitrogen and oxygen atoms in total. The van der Waals surface area contributed by atoms with Crippen LogP contribution < -0.4 is 15.2 Å². The first-order valence-electron chi connectivity index (χ1n) is 6.32. The van der Waals surface area contributed by atoms with Crippen molar-refractivity contribution in [1.29, 1.82) is 0 Å². The highest BCUT2D eigenvalue weighted by molar-refractivity contribution is 7.89. The Kier molecular flexibility index (Phi) is 4.55. The van der Waals surface area contributed by atoms with Crippen molar-refractivity contribution < 1.29 is 13.2 Å². The van der Waals surface area contributed by atoms with E-state index in [2.05, 4.69) is 4.72 Å². The summed E-state index contributed by atoms with van der Waals surface area (Å²) in [6.45, 7) is 4.27. The number of sulfonamides is 1. The highest BCUT2D eigenvalue weighted by Crippen LogP contribution is 2.26. The van der Waals surface area contributed by atoms with E-state index in [0.29, 0.717) is 5.69 Å². The molecule has 21 heavy (non-hydrogen) atoms. The van der Waals surface area contributed by atoms with Crippen molar-refractivity contribution in [3.63, 3.8) is 0 Å². The van der Waals surface area contributed by atoms with E-state index in [0.717, 1.165) is 10.4 Å². The molecule has 0 fully saturated rings. The molecule has 0 aliphatic heterocycles. The fourth-order valence-electron chi connectivity index (χ4n) is 1.88. The number of rotatable bonds is 5. The molecule has 0 aliphatic rings. The smallest absolute Gasteiger partial charge is 0.244 e. The number of hydrogen-bond acceptors (Lipinski definition) is 5. The van der Waals surface area contributed by atoms with E-state index in [9.17, 15) is 8.42 Å². The van der Waals surface area contributed by atoms with Gasteiger partial charge >= 0.3 is 0 Å². The number of nitrogens with one attached hydrogen (secondary N) is 1. The Hall–Kier alpha value is -1.57. The first-order valence-corrected chi connectivity index (χ1v) is 8.62. The molecule has 3 N–H and O–H groups in total. The van der Waals surface area contributed by atoms with Crippen LogP contribution in [-0.2, 0) is 16.6 Å². The molecular formula is C14H18N2O3S2. The van der Waals surface area contributed by atoms with Crippen molar-refractivity contribution in [2.75, 3.05) is 12.8 Å². The number of nitrogens with two attached hydrogens (primary N) is 1. The summed E-state index contributed by atoms with van der Waals surface area (Å²) >= 11 is 1.58. The third-order valence-electron chi connectivity index (χ3n) is 3.13. The molecular weight excluding hydrogens is 308 g/mol. The van der Waals surface area contributed by atoms with Gasteiger partial charge in [-0.05, 0) is 43.7 Å². The highest BCUT2D eigenvalue weighted by Gasteiger charge is 2.20. The summed E-state index contributed by atoms with van der Waals surface area (Å²) in [4.78, 5) is 2.21. The summed E-state index contributed by atoms with van der Waals surface area (Å²) in [5.74, 6) is 0.273. The highest BCUT2D eigenvalue weighted by atomic mass is 32.2. The zero-order valence-corrected chi connectivity index (χ0v) is 13.8. The number of nitrogen functional groups attached to an aromatic ring is 1. The van der Waals surface area contributed by atoms with E-state index < -0.39 is 10.0 Å². The van der Waals surface area contributed by atoms with Gasteiger partial charge in [-0.15, -0.1) is 11.3 Å². The summed E-state index contributed by atoms with van der Waals surface area (Å²) in [6, 6.07) is 6.53. The molecule has 0 aliphatic carbocycles. The van der Waals surface area contributed by atoms with Gasteiger partial charge in [-0.1, -0.05) is 0 Å². The maximum atomic E-state index is 12.4. The molecule has 0 radical (unpaired) electrons. The topological polar surface area (TPSA) is 81.4 Å². The van der Waals surface area contributed by atoms with Crippen molar-refractivity contribution >= 4 is 27.0 Å². The van der Waals surface area contributed by atoms with Crippen molar-refractivity contribution in [2.45, 2.75) is 25.3 Å². The molecule has 0 spiro atoms. The quantitative estimate of drug-likeness (QED) is 0.827. The second kappa shape index (κ2) is 6.05. The van der Waals surface area contributed by atoms with E-state index in [4.69, 9.17) is 10.5 Å². The average molecular weight is 326 g/mol. The second-order valence-corrected chi connectivity index (χ2v) is 7.76. The Morgan fingerprint density at radius 3 is 2.57 bits per heavy atom. The Balaban J connectivity index is 2.24. The molecule has 1 aromatic heterocycles. The van der Waals surface area contributed by atoms with E-state index in [1.807, 2.05) is 19.9 Å². The van der Waals surface area contributed by atoms with Crippen LogP contribution in [0.3, 0.4) is 0 Å². The van der Waals surface area contributed by atoms with E-state index in [-0.39, 0.29) is 17.2 Å². The lowest BCUT2D eigenvalue weighted by molar-refractivity contribution is 0.402. The summed E-state index contributed by atoms with van der Waals surface area (Å²) in [5, 5.41) is 0. The maximum absolute atomic E-state index is 12.4. The van der Waals surface area contributed by atoms with E-state index >= 15 is 0 Å². The van der Waals surface area contributed by atoms with E-state index in [1.54, 1.807) is 23.5 Å². The van der Waals surface area contributed by atoms with Crippen molar-refractivity contribution in [3.8, 4) is 5.75 Å². The zero-order valence-electron chi connectivity index (χ0n) is 12.1. The van der Waals surface area contributed by atoms with Crippen LogP contribution in [0.1, 0.15) is 15.3 Å². The lowest BCUT2D eigenvalue weighted by atomic mass is 10.3. The number of ether oxygens (including phenoxy) is 1. The number of benzene rings is 1. The third kappa shape index (κ3) is 3.55. The van der Waals surface area contributed by atoms with Gasteiger partial charge in [0.2, 0.25) is 10.0 Å². The van der Waals surface area contributed by atoms with Crippen molar-refractivity contribution in [2.24, 2.45) is 0 Å².